The van der Waals surface area contributed by atoms with Crippen molar-refractivity contribution < 1.29 is 42.5 Å². The van der Waals surface area contributed by atoms with E-state index in [0.717, 1.165) is 28.2 Å². The average Bonchev–Trinajstić information content (AvgIpc) is 3.62. The predicted octanol–water partition coefficient (Wildman–Crippen LogP) is 4.57. The number of aryl methyl sites for hydroxylation is 4. The summed E-state index contributed by atoms with van der Waals surface area (Å²) in [5.41, 5.74) is 4.22. The molecule has 0 aliphatic carbocycles. The lowest BCUT2D eigenvalue weighted by atomic mass is 10.2. The quantitative estimate of drug-likeness (QED) is 0.392. The third kappa shape index (κ3) is 10.5. The molecule has 2 N–H and O–H groups in total. The van der Waals surface area contributed by atoms with E-state index in [-0.39, 0.29) is 6.29 Å². The Hall–Kier alpha value is -2.95. The molecule has 0 bridgehead atoms. The summed E-state index contributed by atoms with van der Waals surface area (Å²) < 4.78 is 30.1. The molecule has 35 heavy (non-hydrogen) atoms. The van der Waals surface area contributed by atoms with Gasteiger partial charge < -0.3 is 37.7 Å². The highest BCUT2D eigenvalue weighted by molar-refractivity contribution is 5.70. The summed E-state index contributed by atoms with van der Waals surface area (Å²) >= 11 is 0. The molecule has 0 saturated carbocycles. The van der Waals surface area contributed by atoms with Gasteiger partial charge in [-0.2, -0.15) is 0 Å². The van der Waals surface area contributed by atoms with E-state index < -0.39 is 12.4 Å². The second-order valence-electron chi connectivity index (χ2n) is 8.18. The van der Waals surface area contributed by atoms with Crippen LogP contribution in [0.3, 0.4) is 0 Å². The highest BCUT2D eigenvalue weighted by Crippen LogP contribution is 2.24. The summed E-state index contributed by atoms with van der Waals surface area (Å²) in [4.78, 5) is 9.93. The molecule has 3 aromatic heterocycles. The highest BCUT2D eigenvalue weighted by Gasteiger charge is 2.21. The number of hydrogen-bond donors (Lipinski definition) is 2. The first-order valence-corrected chi connectivity index (χ1v) is 11.1. The maximum Gasteiger partial charge on any atom is 0.217 e. The number of rotatable bonds is 2. The first-order valence-electron chi connectivity index (χ1n) is 11.1. The first kappa shape index (κ1) is 28.3. The van der Waals surface area contributed by atoms with E-state index in [4.69, 9.17) is 37.7 Å². The molecule has 0 radical (unpaired) electrons. The molecule has 9 heteroatoms. The number of carbonyl (C=O) groups excluding carboxylic acids is 1. The molecule has 2 unspecified atom stereocenters. The molecule has 0 spiro atoms. The van der Waals surface area contributed by atoms with Gasteiger partial charge in [0, 0.05) is 0 Å². The Bertz CT molecular complexity index is 1020. The molecule has 0 aromatic carbocycles. The van der Waals surface area contributed by atoms with E-state index in [0.29, 0.717) is 31.9 Å². The van der Waals surface area contributed by atoms with Crippen LogP contribution in [0.2, 0.25) is 0 Å². The SMILES string of the molecule is CC1=CC(O)C(O)OC1.Cc1coc(C)c1.Cc1coc(C2OCCO2)c1.Cc1coc(C=O)c1. The van der Waals surface area contributed by atoms with Crippen molar-refractivity contribution in [3.63, 3.8) is 0 Å². The molecule has 5 heterocycles. The van der Waals surface area contributed by atoms with Gasteiger partial charge in [-0.15, -0.1) is 0 Å². The van der Waals surface area contributed by atoms with Crippen molar-refractivity contribution in [1.29, 1.82) is 0 Å². The van der Waals surface area contributed by atoms with Crippen LogP contribution in [0.15, 0.2) is 61.9 Å². The third-order valence-corrected chi connectivity index (χ3v) is 4.56. The van der Waals surface area contributed by atoms with Crippen LogP contribution >= 0.6 is 0 Å². The van der Waals surface area contributed by atoms with Crippen LogP contribution < -0.4 is 0 Å². The number of aliphatic hydroxyl groups is 2. The van der Waals surface area contributed by atoms with E-state index in [2.05, 4.69) is 0 Å². The van der Waals surface area contributed by atoms with Crippen LogP contribution in [0.25, 0.3) is 0 Å². The number of furan rings is 3. The van der Waals surface area contributed by atoms with Gasteiger partial charge in [0.15, 0.2) is 24.1 Å². The zero-order valence-corrected chi connectivity index (χ0v) is 20.7. The van der Waals surface area contributed by atoms with Gasteiger partial charge in [-0.1, -0.05) is 0 Å². The van der Waals surface area contributed by atoms with Crippen LogP contribution in [0.4, 0.5) is 0 Å². The maximum absolute atomic E-state index is 9.93. The fourth-order valence-corrected chi connectivity index (χ4v) is 2.93. The second-order valence-corrected chi connectivity index (χ2v) is 8.18. The van der Waals surface area contributed by atoms with Gasteiger partial charge in [0.25, 0.3) is 0 Å². The van der Waals surface area contributed by atoms with Gasteiger partial charge in [0.1, 0.15) is 11.9 Å². The lowest BCUT2D eigenvalue weighted by Gasteiger charge is -2.21. The Balaban J connectivity index is 0.000000167. The third-order valence-electron chi connectivity index (χ3n) is 4.56. The fraction of sp³-hybridized carbons (Fsp3) is 0.423. The van der Waals surface area contributed by atoms with Gasteiger partial charge in [-0.3, -0.25) is 4.79 Å². The van der Waals surface area contributed by atoms with E-state index >= 15 is 0 Å². The lowest BCUT2D eigenvalue weighted by Crippen LogP contribution is -2.31. The monoisotopic (exact) mass is 490 g/mol. The molecular weight excluding hydrogens is 456 g/mol. The van der Waals surface area contributed by atoms with Crippen LogP contribution in [-0.4, -0.2) is 48.7 Å². The molecule has 2 aliphatic heterocycles. The smallest absolute Gasteiger partial charge is 0.217 e. The fourth-order valence-electron chi connectivity index (χ4n) is 2.93. The Labute approximate surface area is 204 Å². The second kappa shape index (κ2) is 14.4. The van der Waals surface area contributed by atoms with Crippen LogP contribution in [0, 0.1) is 27.7 Å². The summed E-state index contributed by atoms with van der Waals surface area (Å²) in [6.07, 6.45) is 5.11. The van der Waals surface area contributed by atoms with Gasteiger partial charge in [-0.25, -0.2) is 0 Å². The number of aldehydes is 1. The van der Waals surface area contributed by atoms with Crippen molar-refractivity contribution in [1.82, 2.24) is 0 Å². The molecule has 1 fully saturated rings. The summed E-state index contributed by atoms with van der Waals surface area (Å²) in [5.74, 6) is 2.14. The van der Waals surface area contributed by atoms with Crippen molar-refractivity contribution in [2.24, 2.45) is 0 Å². The summed E-state index contributed by atoms with van der Waals surface area (Å²) in [5, 5.41) is 17.7. The summed E-state index contributed by atoms with van der Waals surface area (Å²) in [6.45, 7) is 11.4. The lowest BCUT2D eigenvalue weighted by molar-refractivity contribution is -0.149. The Morgan fingerprint density at radius 3 is 1.77 bits per heavy atom. The zero-order valence-electron chi connectivity index (χ0n) is 20.7. The van der Waals surface area contributed by atoms with Crippen molar-refractivity contribution in [2.45, 2.75) is 53.3 Å². The molecule has 9 nitrogen and oxygen atoms in total. The molecule has 192 valence electrons. The first-order chi connectivity index (χ1) is 16.7. The van der Waals surface area contributed by atoms with E-state index in [1.165, 1.54) is 5.56 Å². The molecular formula is C26H34O9. The largest absolute Gasteiger partial charge is 0.469 e. The van der Waals surface area contributed by atoms with Crippen molar-refractivity contribution in [3.8, 4) is 0 Å². The predicted molar refractivity (Wildman–Crippen MR) is 127 cm³/mol. The average molecular weight is 491 g/mol. The molecule has 3 aromatic rings. The Kier molecular flexibility index (Phi) is 11.7. The van der Waals surface area contributed by atoms with Crippen molar-refractivity contribution in [2.75, 3.05) is 19.8 Å². The number of hydrogen-bond acceptors (Lipinski definition) is 9. The van der Waals surface area contributed by atoms with Gasteiger partial charge in [-0.05, 0) is 81.2 Å². The zero-order chi connectivity index (χ0) is 25.8. The molecule has 0 amide bonds. The molecule has 2 aliphatic rings. The van der Waals surface area contributed by atoms with Crippen molar-refractivity contribution in [3.05, 3.63) is 82.6 Å². The number of aliphatic hydroxyl groups excluding tert-OH is 2. The normalized spacial score (nSPS) is 19.3. The molecule has 2 atom stereocenters. The van der Waals surface area contributed by atoms with Crippen molar-refractivity contribution >= 4 is 6.29 Å². The number of carbonyl (C=O) groups is 1. The summed E-state index contributed by atoms with van der Waals surface area (Å²) in [6, 6.07) is 5.61. The molecule has 5 rings (SSSR count). The maximum atomic E-state index is 9.93. The minimum Gasteiger partial charge on any atom is -0.469 e. The van der Waals surface area contributed by atoms with E-state index in [1.54, 1.807) is 30.9 Å². The van der Waals surface area contributed by atoms with E-state index in [9.17, 15) is 4.79 Å². The molecule has 1 saturated heterocycles. The minimum atomic E-state index is -1.03. The Morgan fingerprint density at radius 1 is 0.800 bits per heavy atom. The topological polar surface area (TPSA) is 125 Å². The van der Waals surface area contributed by atoms with Gasteiger partial charge in [0.05, 0.1) is 38.6 Å². The standard InChI is InChI=1S/C8H10O3.C6H10O3.C6H6O2.C6H8O/c1-6-4-7(11-5-6)8-9-2-3-10-8;1-4-2-5(7)6(8)9-3-4;1-5-2-6(3-7)8-4-5;1-5-3-6(2)7-4-5/h4-5,8H,2-3H2,1H3;2,5-8H,3H2,1H3;2-4H,1H3;3-4H,1-2H3. The van der Waals surface area contributed by atoms with Crippen LogP contribution in [0.5, 0.6) is 0 Å². The van der Waals surface area contributed by atoms with Gasteiger partial charge >= 0.3 is 0 Å². The Morgan fingerprint density at radius 2 is 1.40 bits per heavy atom. The minimum absolute atomic E-state index is 0.274. The van der Waals surface area contributed by atoms with Crippen LogP contribution in [-0.2, 0) is 14.2 Å². The number of ether oxygens (including phenoxy) is 3. The van der Waals surface area contributed by atoms with Gasteiger partial charge in [0.2, 0.25) is 6.29 Å². The highest BCUT2D eigenvalue weighted by atomic mass is 16.7. The van der Waals surface area contributed by atoms with E-state index in [1.807, 2.05) is 46.8 Å². The van der Waals surface area contributed by atoms with Crippen LogP contribution in [0.1, 0.15) is 52.0 Å². The summed E-state index contributed by atoms with van der Waals surface area (Å²) in [7, 11) is 0.